The number of carbonyl (C=O) groups excluding carboxylic acids is 1. The zero-order valence-corrected chi connectivity index (χ0v) is 11.5. The smallest absolute Gasteiger partial charge is 0.244 e. The van der Waals surface area contributed by atoms with Crippen molar-refractivity contribution >= 4 is 34.8 Å². The first-order valence-corrected chi connectivity index (χ1v) is 6.83. The monoisotopic (exact) mass is 286 g/mol. The van der Waals surface area contributed by atoms with Crippen LogP contribution in [0.3, 0.4) is 0 Å². The molecule has 0 aromatic heterocycles. The molecule has 98 valence electrons. The number of amides is 1. The fourth-order valence-corrected chi connectivity index (χ4v) is 2.60. The molecule has 5 heteroatoms. The second-order valence-electron chi connectivity index (χ2n) is 4.77. The summed E-state index contributed by atoms with van der Waals surface area (Å²) >= 11 is 11.9. The Morgan fingerprint density at radius 3 is 2.56 bits per heavy atom. The van der Waals surface area contributed by atoms with E-state index in [1.807, 2.05) is 0 Å². The van der Waals surface area contributed by atoms with Gasteiger partial charge in [0.2, 0.25) is 5.91 Å². The maximum atomic E-state index is 12.2. The van der Waals surface area contributed by atoms with E-state index in [1.54, 1.807) is 18.2 Å². The molecule has 1 fully saturated rings. The molecule has 2 rings (SSSR count). The van der Waals surface area contributed by atoms with Gasteiger partial charge >= 0.3 is 0 Å². The first kappa shape index (κ1) is 13.7. The summed E-state index contributed by atoms with van der Waals surface area (Å²) in [6, 6.07) is 5.14. The maximum Gasteiger partial charge on any atom is 0.244 e. The fourth-order valence-electron chi connectivity index (χ4n) is 2.26. The minimum absolute atomic E-state index is 0.175. The van der Waals surface area contributed by atoms with Crippen LogP contribution in [-0.2, 0) is 4.79 Å². The molecule has 3 nitrogen and oxygen atoms in total. The Labute approximate surface area is 117 Å². The highest BCUT2D eigenvalue weighted by Crippen LogP contribution is 2.32. The zero-order valence-electron chi connectivity index (χ0n) is 10.0. The SMILES string of the molecule is NC1(C(=O)Nc2cccc(Cl)c2Cl)CCCCC1. The van der Waals surface area contributed by atoms with Gasteiger partial charge in [-0.05, 0) is 25.0 Å². The van der Waals surface area contributed by atoms with Gasteiger partial charge in [-0.15, -0.1) is 0 Å². The fraction of sp³-hybridized carbons (Fsp3) is 0.462. The molecule has 0 heterocycles. The third kappa shape index (κ3) is 2.79. The molecular weight excluding hydrogens is 271 g/mol. The topological polar surface area (TPSA) is 55.1 Å². The second kappa shape index (κ2) is 5.47. The van der Waals surface area contributed by atoms with Crippen LogP contribution in [0.5, 0.6) is 0 Å². The minimum atomic E-state index is -0.774. The number of hydrogen-bond acceptors (Lipinski definition) is 2. The van der Waals surface area contributed by atoms with Gasteiger partial charge in [-0.1, -0.05) is 48.5 Å². The van der Waals surface area contributed by atoms with Gasteiger partial charge in [0.15, 0.2) is 0 Å². The molecule has 1 aliphatic carbocycles. The summed E-state index contributed by atoms with van der Waals surface area (Å²) in [7, 11) is 0. The van der Waals surface area contributed by atoms with E-state index in [4.69, 9.17) is 28.9 Å². The van der Waals surface area contributed by atoms with Gasteiger partial charge < -0.3 is 11.1 Å². The molecule has 0 saturated heterocycles. The highest BCUT2D eigenvalue weighted by molar-refractivity contribution is 6.44. The van der Waals surface area contributed by atoms with E-state index in [1.165, 1.54) is 0 Å². The Balaban J connectivity index is 2.13. The van der Waals surface area contributed by atoms with Gasteiger partial charge in [-0.25, -0.2) is 0 Å². The van der Waals surface area contributed by atoms with E-state index in [0.29, 0.717) is 15.7 Å². The Morgan fingerprint density at radius 1 is 1.22 bits per heavy atom. The normalized spacial score (nSPS) is 18.4. The summed E-state index contributed by atoms with van der Waals surface area (Å²) in [6.07, 6.45) is 4.57. The first-order chi connectivity index (χ1) is 8.53. The van der Waals surface area contributed by atoms with Crippen molar-refractivity contribution in [3.05, 3.63) is 28.2 Å². The van der Waals surface area contributed by atoms with Gasteiger partial charge in [0.05, 0.1) is 21.3 Å². The second-order valence-corrected chi connectivity index (χ2v) is 5.56. The van der Waals surface area contributed by atoms with Gasteiger partial charge in [0, 0.05) is 0 Å². The van der Waals surface area contributed by atoms with Gasteiger partial charge in [0.25, 0.3) is 0 Å². The largest absolute Gasteiger partial charge is 0.323 e. The molecule has 0 unspecified atom stereocenters. The summed E-state index contributed by atoms with van der Waals surface area (Å²) in [5.41, 5.74) is 5.89. The molecule has 0 aliphatic heterocycles. The van der Waals surface area contributed by atoms with Crippen LogP contribution < -0.4 is 11.1 Å². The number of hydrogen-bond donors (Lipinski definition) is 2. The summed E-state index contributed by atoms with van der Waals surface area (Å²) in [5.74, 6) is -0.175. The Hall–Kier alpha value is -0.770. The number of anilines is 1. The van der Waals surface area contributed by atoms with Crippen LogP contribution in [0.25, 0.3) is 0 Å². The van der Waals surface area contributed by atoms with E-state index < -0.39 is 5.54 Å². The lowest BCUT2D eigenvalue weighted by Gasteiger charge is -2.31. The zero-order chi connectivity index (χ0) is 13.2. The lowest BCUT2D eigenvalue weighted by molar-refractivity contribution is -0.122. The molecule has 1 saturated carbocycles. The number of nitrogens with one attached hydrogen (secondary N) is 1. The van der Waals surface area contributed by atoms with Crippen molar-refractivity contribution in [1.82, 2.24) is 0 Å². The van der Waals surface area contributed by atoms with Crippen molar-refractivity contribution in [3.63, 3.8) is 0 Å². The minimum Gasteiger partial charge on any atom is -0.323 e. The molecule has 0 bridgehead atoms. The average molecular weight is 287 g/mol. The average Bonchev–Trinajstić information content (AvgIpc) is 2.36. The molecule has 0 radical (unpaired) electrons. The van der Waals surface area contributed by atoms with Gasteiger partial charge in [-0.2, -0.15) is 0 Å². The molecular formula is C13H16Cl2N2O. The van der Waals surface area contributed by atoms with Crippen LogP contribution in [0.2, 0.25) is 10.0 Å². The molecule has 1 aliphatic rings. The molecule has 0 spiro atoms. The van der Waals surface area contributed by atoms with E-state index in [2.05, 4.69) is 5.32 Å². The number of rotatable bonds is 2. The van der Waals surface area contributed by atoms with Crippen LogP contribution in [0.15, 0.2) is 18.2 Å². The van der Waals surface area contributed by atoms with Gasteiger partial charge in [-0.3, -0.25) is 4.79 Å². The highest BCUT2D eigenvalue weighted by Gasteiger charge is 2.35. The van der Waals surface area contributed by atoms with Crippen molar-refractivity contribution in [1.29, 1.82) is 0 Å². The quantitative estimate of drug-likeness (QED) is 0.873. The molecule has 0 atom stereocenters. The molecule has 3 N–H and O–H groups in total. The molecule has 1 amide bonds. The lowest BCUT2D eigenvalue weighted by Crippen LogP contribution is -2.52. The van der Waals surface area contributed by atoms with Crippen LogP contribution in [0, 0.1) is 0 Å². The van der Waals surface area contributed by atoms with Crippen LogP contribution in [0.1, 0.15) is 32.1 Å². The standard InChI is InChI=1S/C13H16Cl2N2O/c14-9-5-4-6-10(11(9)15)17-12(18)13(16)7-2-1-3-8-13/h4-6H,1-3,7-8,16H2,(H,17,18). The first-order valence-electron chi connectivity index (χ1n) is 6.07. The summed E-state index contributed by atoms with van der Waals surface area (Å²) in [6.45, 7) is 0. The van der Waals surface area contributed by atoms with E-state index >= 15 is 0 Å². The number of nitrogens with two attached hydrogens (primary N) is 1. The van der Waals surface area contributed by atoms with E-state index in [9.17, 15) is 4.79 Å². The van der Waals surface area contributed by atoms with E-state index in [0.717, 1.165) is 32.1 Å². The predicted molar refractivity (Wildman–Crippen MR) is 75.1 cm³/mol. The van der Waals surface area contributed by atoms with Crippen LogP contribution in [-0.4, -0.2) is 11.4 Å². The van der Waals surface area contributed by atoms with Crippen LogP contribution >= 0.6 is 23.2 Å². The van der Waals surface area contributed by atoms with Crippen LogP contribution in [0.4, 0.5) is 5.69 Å². The third-order valence-electron chi connectivity index (χ3n) is 3.40. The molecule has 18 heavy (non-hydrogen) atoms. The Kier molecular flexibility index (Phi) is 4.15. The molecule has 1 aromatic carbocycles. The van der Waals surface area contributed by atoms with Crippen molar-refractivity contribution in [2.75, 3.05) is 5.32 Å². The number of carbonyl (C=O) groups is 1. The summed E-state index contributed by atoms with van der Waals surface area (Å²) in [5, 5.41) is 3.56. The Morgan fingerprint density at radius 2 is 1.89 bits per heavy atom. The highest BCUT2D eigenvalue weighted by atomic mass is 35.5. The summed E-state index contributed by atoms with van der Waals surface area (Å²) < 4.78 is 0. The maximum absolute atomic E-state index is 12.2. The van der Waals surface area contributed by atoms with Gasteiger partial charge in [0.1, 0.15) is 0 Å². The third-order valence-corrected chi connectivity index (χ3v) is 4.22. The van der Waals surface area contributed by atoms with Crippen molar-refractivity contribution < 1.29 is 4.79 Å². The molecule has 1 aromatic rings. The number of benzene rings is 1. The Bertz CT molecular complexity index is 456. The van der Waals surface area contributed by atoms with E-state index in [-0.39, 0.29) is 5.91 Å². The number of halogens is 2. The predicted octanol–water partition coefficient (Wildman–Crippen LogP) is 3.59. The van der Waals surface area contributed by atoms with Crippen molar-refractivity contribution in [3.8, 4) is 0 Å². The van der Waals surface area contributed by atoms with Crippen molar-refractivity contribution in [2.24, 2.45) is 5.73 Å². The van der Waals surface area contributed by atoms with Crippen molar-refractivity contribution in [2.45, 2.75) is 37.6 Å². The lowest BCUT2D eigenvalue weighted by atomic mass is 9.82. The summed E-state index contributed by atoms with van der Waals surface area (Å²) in [4.78, 5) is 12.2.